The van der Waals surface area contributed by atoms with Crippen LogP contribution in [0.5, 0.6) is 0 Å². The molecule has 9 nitrogen and oxygen atoms in total. The minimum atomic E-state index is -4.60. The molecular formula is C14H14F3N3O6. The first kappa shape index (κ1) is 20.9. The van der Waals surface area contributed by atoms with E-state index < -0.39 is 48.1 Å². The number of benzene rings is 1. The van der Waals surface area contributed by atoms with Crippen LogP contribution in [0.2, 0.25) is 0 Å². The van der Waals surface area contributed by atoms with Crippen LogP contribution in [-0.2, 0) is 14.3 Å². The highest BCUT2D eigenvalue weighted by molar-refractivity contribution is 5.97. The predicted molar refractivity (Wildman–Crippen MR) is 80.0 cm³/mol. The molecule has 0 aliphatic rings. The van der Waals surface area contributed by atoms with Crippen LogP contribution in [0.25, 0.3) is 0 Å². The van der Waals surface area contributed by atoms with Crippen molar-refractivity contribution in [2.24, 2.45) is 0 Å². The fraction of sp³-hybridized carbons (Fsp3) is 0.357. The second-order valence-electron chi connectivity index (χ2n) is 5.00. The van der Waals surface area contributed by atoms with Crippen molar-refractivity contribution in [1.82, 2.24) is 10.6 Å². The van der Waals surface area contributed by atoms with Gasteiger partial charge in [-0.15, -0.1) is 0 Å². The summed E-state index contributed by atoms with van der Waals surface area (Å²) in [4.78, 5) is 44.7. The van der Waals surface area contributed by atoms with Gasteiger partial charge in [0, 0.05) is 17.7 Å². The van der Waals surface area contributed by atoms with E-state index in [2.05, 4.69) is 10.1 Å². The number of amides is 2. The monoisotopic (exact) mass is 377 g/mol. The molecule has 0 bridgehead atoms. The molecule has 0 aromatic heterocycles. The minimum absolute atomic E-state index is 0.0817. The van der Waals surface area contributed by atoms with Gasteiger partial charge in [-0.3, -0.25) is 19.7 Å². The van der Waals surface area contributed by atoms with E-state index >= 15 is 0 Å². The average molecular weight is 377 g/mol. The molecule has 0 spiro atoms. The molecule has 2 N–H and O–H groups in total. The van der Waals surface area contributed by atoms with Gasteiger partial charge in [0.25, 0.3) is 17.5 Å². The van der Waals surface area contributed by atoms with Crippen LogP contribution < -0.4 is 10.6 Å². The number of halogens is 3. The van der Waals surface area contributed by atoms with Gasteiger partial charge in [-0.2, -0.15) is 13.2 Å². The van der Waals surface area contributed by atoms with E-state index in [0.717, 1.165) is 6.07 Å². The maximum absolute atomic E-state index is 11.9. The number of alkyl halides is 3. The molecule has 0 heterocycles. The largest absolute Gasteiger partial charge is 0.454 e. The lowest BCUT2D eigenvalue weighted by molar-refractivity contribution is -0.384. The van der Waals surface area contributed by atoms with Crippen LogP contribution >= 0.6 is 0 Å². The first-order valence-corrected chi connectivity index (χ1v) is 7.05. The summed E-state index contributed by atoms with van der Waals surface area (Å²) in [7, 11) is 0. The van der Waals surface area contributed by atoms with E-state index in [1.807, 2.05) is 0 Å². The van der Waals surface area contributed by atoms with Crippen LogP contribution in [0.15, 0.2) is 24.3 Å². The average Bonchev–Trinajstić information content (AvgIpc) is 2.57. The van der Waals surface area contributed by atoms with E-state index in [1.165, 1.54) is 30.4 Å². The topological polar surface area (TPSA) is 128 Å². The third-order valence-electron chi connectivity index (χ3n) is 2.85. The van der Waals surface area contributed by atoms with Crippen molar-refractivity contribution in [3.8, 4) is 0 Å². The Kier molecular flexibility index (Phi) is 7.05. The molecule has 1 aromatic rings. The number of hydrogen-bond acceptors (Lipinski definition) is 6. The van der Waals surface area contributed by atoms with Crippen molar-refractivity contribution in [2.75, 3.05) is 13.2 Å². The number of esters is 1. The highest BCUT2D eigenvalue weighted by Gasteiger charge is 2.28. The number of carbonyl (C=O) groups excluding carboxylic acids is 3. The summed E-state index contributed by atoms with van der Waals surface area (Å²) in [5.74, 6) is -3.03. The lowest BCUT2D eigenvalue weighted by atomic mass is 10.2. The van der Waals surface area contributed by atoms with Crippen LogP contribution in [0.3, 0.4) is 0 Å². The standard InChI is InChI=1S/C14H14F3N3O6/c1-8(13(23)26-6-11(21)18-7-14(15,16)17)19-12(22)9-3-2-4-10(5-9)20(24)25/h2-5,8H,6-7H2,1H3,(H,18,21)(H,19,22)/t8-/m0/s1. The number of nitro benzene ring substituents is 1. The molecule has 0 radical (unpaired) electrons. The van der Waals surface area contributed by atoms with Crippen molar-refractivity contribution in [3.63, 3.8) is 0 Å². The van der Waals surface area contributed by atoms with E-state index in [0.29, 0.717) is 0 Å². The van der Waals surface area contributed by atoms with Gasteiger partial charge in [-0.05, 0) is 13.0 Å². The van der Waals surface area contributed by atoms with Crippen LogP contribution in [0, 0.1) is 10.1 Å². The summed E-state index contributed by atoms with van der Waals surface area (Å²) >= 11 is 0. The maximum atomic E-state index is 11.9. The molecule has 0 fully saturated rings. The van der Waals surface area contributed by atoms with Gasteiger partial charge >= 0.3 is 12.1 Å². The summed E-state index contributed by atoms with van der Waals surface area (Å²) in [6, 6.07) is 3.50. The van der Waals surface area contributed by atoms with Gasteiger partial charge in [0.05, 0.1) is 4.92 Å². The number of non-ortho nitro benzene ring substituents is 1. The highest BCUT2D eigenvalue weighted by Crippen LogP contribution is 2.13. The molecule has 142 valence electrons. The SMILES string of the molecule is C[C@H](NC(=O)c1cccc([N+](=O)[O-])c1)C(=O)OCC(=O)NCC(F)(F)F. The third-order valence-corrected chi connectivity index (χ3v) is 2.85. The zero-order valence-corrected chi connectivity index (χ0v) is 13.3. The Hall–Kier alpha value is -3.18. The molecule has 12 heteroatoms. The van der Waals surface area contributed by atoms with Crippen molar-refractivity contribution >= 4 is 23.5 Å². The Morgan fingerprint density at radius 2 is 1.96 bits per heavy atom. The Morgan fingerprint density at radius 3 is 2.54 bits per heavy atom. The number of carbonyl (C=O) groups is 3. The molecular weight excluding hydrogens is 363 g/mol. The van der Waals surface area contributed by atoms with Gasteiger partial charge in [0.1, 0.15) is 12.6 Å². The number of rotatable bonds is 7. The van der Waals surface area contributed by atoms with Crippen LogP contribution in [0.4, 0.5) is 18.9 Å². The second-order valence-corrected chi connectivity index (χ2v) is 5.00. The maximum Gasteiger partial charge on any atom is 0.405 e. The molecule has 0 aliphatic carbocycles. The number of nitrogens with one attached hydrogen (secondary N) is 2. The normalized spacial score (nSPS) is 12.0. The zero-order valence-electron chi connectivity index (χ0n) is 13.3. The molecule has 2 amide bonds. The summed E-state index contributed by atoms with van der Waals surface area (Å²) in [6.07, 6.45) is -4.60. The van der Waals surface area contributed by atoms with E-state index in [4.69, 9.17) is 0 Å². The Bertz CT molecular complexity index is 707. The fourth-order valence-electron chi connectivity index (χ4n) is 1.61. The lowest BCUT2D eigenvalue weighted by Crippen LogP contribution is -2.41. The Labute approximate surface area is 144 Å². The van der Waals surface area contributed by atoms with Crippen molar-refractivity contribution in [2.45, 2.75) is 19.1 Å². The van der Waals surface area contributed by atoms with Gasteiger partial charge < -0.3 is 15.4 Å². The number of ether oxygens (including phenoxy) is 1. The molecule has 26 heavy (non-hydrogen) atoms. The number of nitrogens with zero attached hydrogens (tertiary/aromatic N) is 1. The number of nitro groups is 1. The van der Waals surface area contributed by atoms with Crippen LogP contribution in [-0.4, -0.2) is 48.1 Å². The van der Waals surface area contributed by atoms with Gasteiger partial charge in [0.2, 0.25) is 0 Å². The molecule has 0 aliphatic heterocycles. The van der Waals surface area contributed by atoms with Crippen LogP contribution in [0.1, 0.15) is 17.3 Å². The molecule has 1 atom stereocenters. The molecule has 0 saturated carbocycles. The predicted octanol–water partition coefficient (Wildman–Crippen LogP) is 0.935. The molecule has 0 saturated heterocycles. The van der Waals surface area contributed by atoms with Crippen molar-refractivity contribution in [3.05, 3.63) is 39.9 Å². The van der Waals surface area contributed by atoms with E-state index in [-0.39, 0.29) is 11.3 Å². The summed E-state index contributed by atoms with van der Waals surface area (Å²) in [6.45, 7) is -1.31. The summed E-state index contributed by atoms with van der Waals surface area (Å²) < 4.78 is 40.2. The first-order chi connectivity index (χ1) is 12.0. The molecule has 0 unspecified atom stereocenters. The van der Waals surface area contributed by atoms with Gasteiger partial charge in [-0.1, -0.05) is 6.07 Å². The molecule has 1 aromatic carbocycles. The van der Waals surface area contributed by atoms with E-state index in [1.54, 1.807) is 0 Å². The van der Waals surface area contributed by atoms with E-state index in [9.17, 15) is 37.7 Å². The Morgan fingerprint density at radius 1 is 1.31 bits per heavy atom. The fourth-order valence-corrected chi connectivity index (χ4v) is 1.61. The van der Waals surface area contributed by atoms with Gasteiger partial charge in [-0.25, -0.2) is 4.79 Å². The van der Waals surface area contributed by atoms with Gasteiger partial charge in [0.15, 0.2) is 6.61 Å². The quantitative estimate of drug-likeness (QED) is 0.413. The van der Waals surface area contributed by atoms with Crippen molar-refractivity contribution in [1.29, 1.82) is 0 Å². The molecule has 1 rings (SSSR count). The minimum Gasteiger partial charge on any atom is -0.454 e. The number of hydrogen-bond donors (Lipinski definition) is 2. The summed E-state index contributed by atoms with van der Waals surface area (Å²) in [5.41, 5.74) is -0.406. The van der Waals surface area contributed by atoms with Crippen molar-refractivity contribution < 1.29 is 37.2 Å². The second kappa shape index (κ2) is 8.78. The Balaban J connectivity index is 2.51. The summed E-state index contributed by atoms with van der Waals surface area (Å²) in [5, 5.41) is 14.4. The zero-order chi connectivity index (χ0) is 19.9. The highest BCUT2D eigenvalue weighted by atomic mass is 19.4. The smallest absolute Gasteiger partial charge is 0.405 e. The third kappa shape index (κ3) is 7.15. The lowest BCUT2D eigenvalue weighted by Gasteiger charge is -2.13. The first-order valence-electron chi connectivity index (χ1n) is 7.05.